The first-order valence-corrected chi connectivity index (χ1v) is 24.4. The van der Waals surface area contributed by atoms with Crippen molar-refractivity contribution >= 4 is 11.9 Å². The number of ether oxygens (including phenoxy) is 3. The smallest absolute Gasteiger partial charge is 0.306 e. The monoisotopic (exact) mass is 908 g/mol. The van der Waals surface area contributed by atoms with Gasteiger partial charge in [0.25, 0.3) is 0 Å². The zero-order valence-electron chi connectivity index (χ0n) is 39.8. The molecule has 8 atom stereocenters. The van der Waals surface area contributed by atoms with Gasteiger partial charge < -0.3 is 45.1 Å². The van der Waals surface area contributed by atoms with Crippen LogP contribution in [0.15, 0.2) is 122 Å². The van der Waals surface area contributed by atoms with E-state index in [0.29, 0.717) is 19.3 Å². The third-order valence-corrected chi connectivity index (χ3v) is 10.6. The molecule has 1 aliphatic heterocycles. The summed E-state index contributed by atoms with van der Waals surface area (Å²) in [4.78, 5) is 26.2. The van der Waals surface area contributed by atoms with E-state index in [0.717, 1.165) is 51.4 Å². The lowest BCUT2D eigenvalue weighted by atomic mass is 9.99. The number of hydrogen-bond acceptors (Lipinski definition) is 10. The van der Waals surface area contributed by atoms with Gasteiger partial charge in [-0.15, -0.1) is 0 Å². The molecule has 6 N–H and O–H groups in total. The van der Waals surface area contributed by atoms with E-state index in [2.05, 4.69) is 38.2 Å². The maximum Gasteiger partial charge on any atom is 0.306 e. The van der Waals surface area contributed by atoms with Crippen LogP contribution in [0, 0.1) is 0 Å². The summed E-state index contributed by atoms with van der Waals surface area (Å²) < 4.78 is 17.4. The Labute approximate surface area is 391 Å². The van der Waals surface area contributed by atoms with E-state index in [9.17, 15) is 35.1 Å². The molecule has 1 amide bonds. The van der Waals surface area contributed by atoms with Crippen LogP contribution in [0.1, 0.15) is 143 Å². The number of rotatable bonds is 37. The first kappa shape index (κ1) is 59.1. The zero-order valence-corrected chi connectivity index (χ0v) is 39.8. The molecule has 0 radical (unpaired) electrons. The molecule has 366 valence electrons. The van der Waals surface area contributed by atoms with Gasteiger partial charge in [0.2, 0.25) is 5.91 Å². The summed E-state index contributed by atoms with van der Waals surface area (Å²) in [7, 11) is 0. The van der Waals surface area contributed by atoms with Gasteiger partial charge in [-0.05, 0) is 57.8 Å². The van der Waals surface area contributed by atoms with Crippen molar-refractivity contribution in [3.63, 3.8) is 0 Å². The van der Waals surface area contributed by atoms with Crippen LogP contribution < -0.4 is 5.32 Å². The Morgan fingerprint density at radius 3 is 1.66 bits per heavy atom. The fraction of sp³-hybridized carbons (Fsp3) is 0.593. The molecule has 0 bridgehead atoms. The summed E-state index contributed by atoms with van der Waals surface area (Å²) in [6.45, 7) is 5.35. The second-order valence-corrected chi connectivity index (χ2v) is 16.3. The van der Waals surface area contributed by atoms with E-state index in [1.807, 2.05) is 103 Å². The van der Waals surface area contributed by atoms with E-state index >= 15 is 0 Å². The number of nitrogens with one attached hydrogen (secondary N) is 1. The number of allylic oxidation sites excluding steroid dienone is 19. The van der Waals surface area contributed by atoms with Crippen molar-refractivity contribution in [2.24, 2.45) is 0 Å². The summed E-state index contributed by atoms with van der Waals surface area (Å²) in [6, 6.07) is -1.06. The number of aliphatic hydroxyl groups is 5. The van der Waals surface area contributed by atoms with Crippen LogP contribution in [0.2, 0.25) is 0 Å². The van der Waals surface area contributed by atoms with Crippen LogP contribution in [-0.2, 0) is 23.8 Å². The standard InChI is InChI=1S/C54H85NO10/c1-4-7-10-13-16-19-22-24-27-30-33-36-39-42-49(59)65-52-51(61)50(60)48(43-56)64-54(52)63-44-45(46(57)40-37-34-31-28-25-21-18-15-12-9-6-3)55-53(62)47(58)41-38-35-32-29-26-23-20-17-14-11-8-5-2/h7-8,10-11,13-14,16-17,19-20,22-24,26-27,29-30,33,37,40,45-48,50-52,54,56-58,60-61H,4-6,9,12,15,18,21,25,28,31-32,34-36,38-39,41-44H2,1-3H3,(H,55,62)/b10-7+,11-8+,16-13+,17-14+,22-19-,23-20-,27-24-,29-26-,33-30+,40-37+. The average Bonchev–Trinajstić information content (AvgIpc) is 3.30. The van der Waals surface area contributed by atoms with Gasteiger partial charge in [0.1, 0.15) is 24.4 Å². The van der Waals surface area contributed by atoms with Crippen molar-refractivity contribution in [3.05, 3.63) is 122 Å². The third-order valence-electron chi connectivity index (χ3n) is 10.6. The quantitative estimate of drug-likeness (QED) is 0.0152. The summed E-state index contributed by atoms with van der Waals surface area (Å²) in [5, 5.41) is 56.3. The van der Waals surface area contributed by atoms with Gasteiger partial charge >= 0.3 is 5.97 Å². The van der Waals surface area contributed by atoms with Crippen molar-refractivity contribution in [1.29, 1.82) is 0 Å². The van der Waals surface area contributed by atoms with Crippen molar-refractivity contribution in [2.75, 3.05) is 13.2 Å². The second kappa shape index (κ2) is 41.5. The molecule has 1 heterocycles. The predicted molar refractivity (Wildman–Crippen MR) is 264 cm³/mol. The molecule has 0 aromatic carbocycles. The molecule has 0 saturated carbocycles. The number of amides is 1. The summed E-state index contributed by atoms with van der Waals surface area (Å²) in [6.07, 6.45) is 45.6. The molecule has 1 aliphatic rings. The average molecular weight is 908 g/mol. The number of carbonyl (C=O) groups is 2. The molecule has 0 aromatic rings. The van der Waals surface area contributed by atoms with E-state index in [1.54, 1.807) is 6.08 Å². The highest BCUT2D eigenvalue weighted by molar-refractivity contribution is 5.80. The van der Waals surface area contributed by atoms with E-state index in [1.165, 1.54) is 38.5 Å². The Balaban J connectivity index is 2.90. The molecule has 1 fully saturated rings. The molecular weight excluding hydrogens is 823 g/mol. The first-order valence-electron chi connectivity index (χ1n) is 24.4. The highest BCUT2D eigenvalue weighted by atomic mass is 16.7. The van der Waals surface area contributed by atoms with Gasteiger partial charge in [0.05, 0.1) is 25.4 Å². The lowest BCUT2D eigenvalue weighted by Crippen LogP contribution is -2.61. The van der Waals surface area contributed by atoms with Crippen LogP contribution in [0.4, 0.5) is 0 Å². The second-order valence-electron chi connectivity index (χ2n) is 16.3. The fourth-order valence-electron chi connectivity index (χ4n) is 6.69. The summed E-state index contributed by atoms with van der Waals surface area (Å²) in [5.41, 5.74) is 0. The SMILES string of the molecule is CC/C=C/C=C/C=C\C=C/C=C/CCCC(=O)OC1C(OCC(NC(=O)C(O)CCCC\C=C/C=C\C=C\C=C\CC)C(O)/C=C/CCCCCCCCCCC)OC(CO)C(O)C1O. The minimum Gasteiger partial charge on any atom is -0.454 e. The Kier molecular flexibility index (Phi) is 37.7. The van der Waals surface area contributed by atoms with Gasteiger partial charge in [-0.2, -0.15) is 0 Å². The number of aliphatic hydroxyl groups excluding tert-OH is 5. The Morgan fingerprint density at radius 1 is 0.615 bits per heavy atom. The first-order chi connectivity index (χ1) is 31.7. The van der Waals surface area contributed by atoms with E-state index < -0.39 is 67.4 Å². The summed E-state index contributed by atoms with van der Waals surface area (Å²) in [5.74, 6) is -1.33. The van der Waals surface area contributed by atoms with Crippen molar-refractivity contribution < 1.29 is 49.3 Å². The molecule has 11 heteroatoms. The lowest BCUT2D eigenvalue weighted by molar-refractivity contribution is -0.305. The van der Waals surface area contributed by atoms with Gasteiger partial charge in [0, 0.05) is 6.42 Å². The van der Waals surface area contributed by atoms with Crippen LogP contribution in [0.3, 0.4) is 0 Å². The van der Waals surface area contributed by atoms with Gasteiger partial charge in [-0.1, -0.05) is 200 Å². The van der Waals surface area contributed by atoms with Crippen LogP contribution in [-0.4, -0.2) is 99.6 Å². The zero-order chi connectivity index (χ0) is 47.6. The minimum atomic E-state index is -1.66. The highest BCUT2D eigenvalue weighted by Crippen LogP contribution is 2.26. The Morgan fingerprint density at radius 2 is 1.11 bits per heavy atom. The Hall–Kier alpha value is -3.94. The molecule has 0 aliphatic carbocycles. The number of unbranched alkanes of at least 4 members (excludes halogenated alkanes) is 12. The Bertz CT molecular complexity index is 1510. The topological polar surface area (TPSA) is 175 Å². The molecule has 11 nitrogen and oxygen atoms in total. The van der Waals surface area contributed by atoms with Crippen molar-refractivity contribution in [2.45, 2.75) is 192 Å². The maximum absolute atomic E-state index is 13.3. The molecule has 1 saturated heterocycles. The maximum atomic E-state index is 13.3. The minimum absolute atomic E-state index is 0.0145. The molecule has 0 spiro atoms. The normalized spacial score (nSPS) is 21.4. The van der Waals surface area contributed by atoms with Crippen LogP contribution in [0.5, 0.6) is 0 Å². The molecule has 0 aromatic heterocycles. The molecule has 8 unspecified atom stereocenters. The largest absolute Gasteiger partial charge is 0.454 e. The number of carbonyl (C=O) groups excluding carboxylic acids is 2. The van der Waals surface area contributed by atoms with E-state index in [4.69, 9.17) is 14.2 Å². The van der Waals surface area contributed by atoms with Crippen LogP contribution >= 0.6 is 0 Å². The summed E-state index contributed by atoms with van der Waals surface area (Å²) >= 11 is 0. The van der Waals surface area contributed by atoms with Gasteiger partial charge in [-0.3, -0.25) is 9.59 Å². The van der Waals surface area contributed by atoms with Gasteiger partial charge in [0.15, 0.2) is 12.4 Å². The molecule has 65 heavy (non-hydrogen) atoms. The molecule has 1 rings (SSSR count). The number of hydrogen-bond donors (Lipinski definition) is 6. The number of esters is 1. The van der Waals surface area contributed by atoms with Gasteiger partial charge in [-0.25, -0.2) is 0 Å². The van der Waals surface area contributed by atoms with E-state index in [-0.39, 0.29) is 19.4 Å². The third kappa shape index (κ3) is 30.8. The van der Waals surface area contributed by atoms with Crippen LogP contribution in [0.25, 0.3) is 0 Å². The highest BCUT2D eigenvalue weighted by Gasteiger charge is 2.47. The fourth-order valence-corrected chi connectivity index (χ4v) is 6.69. The van der Waals surface area contributed by atoms with Crippen molar-refractivity contribution in [1.82, 2.24) is 5.32 Å². The lowest BCUT2D eigenvalue weighted by Gasteiger charge is -2.41. The predicted octanol–water partition coefficient (Wildman–Crippen LogP) is 9.59. The van der Waals surface area contributed by atoms with Crippen molar-refractivity contribution in [3.8, 4) is 0 Å². The molecular formula is C54H85NO10.